The highest BCUT2D eigenvalue weighted by Crippen LogP contribution is 2.29. The normalized spacial score (nSPS) is 11.6. The first kappa shape index (κ1) is 15.6. The van der Waals surface area contributed by atoms with Crippen molar-refractivity contribution in [3.63, 3.8) is 0 Å². The Labute approximate surface area is 136 Å². The number of thiophene rings is 1. The zero-order valence-electron chi connectivity index (χ0n) is 12.2. The lowest BCUT2D eigenvalue weighted by molar-refractivity contribution is 0.394. The number of sulfonamides is 1. The number of rotatable bonds is 4. The Morgan fingerprint density at radius 2 is 2.04 bits per heavy atom. The molecule has 0 amide bonds. The molecule has 0 unspecified atom stereocenters. The molecule has 0 aliphatic carbocycles. The molecule has 23 heavy (non-hydrogen) atoms. The van der Waals surface area contributed by atoms with E-state index in [0.717, 1.165) is 11.3 Å². The lowest BCUT2D eigenvalue weighted by Gasteiger charge is -2.09. The maximum absolute atomic E-state index is 13.1. The van der Waals surface area contributed by atoms with E-state index in [1.165, 1.54) is 24.3 Å². The molecule has 120 valence electrons. The third-order valence-corrected chi connectivity index (χ3v) is 5.86. The Kier molecular flexibility index (Phi) is 3.90. The summed E-state index contributed by atoms with van der Waals surface area (Å²) >= 11 is 1.04. The highest BCUT2D eigenvalue weighted by molar-refractivity contribution is 7.94. The van der Waals surface area contributed by atoms with Crippen LogP contribution in [0.2, 0.25) is 0 Å². The Balaban J connectivity index is 1.89. The summed E-state index contributed by atoms with van der Waals surface area (Å²) in [6, 6.07) is 5.32. The molecule has 2 heterocycles. The summed E-state index contributed by atoms with van der Waals surface area (Å²) in [5.74, 6) is 0.310. The molecule has 0 atom stereocenters. The average Bonchev–Trinajstić information content (AvgIpc) is 3.10. The molecule has 3 aromatic rings. The summed E-state index contributed by atoms with van der Waals surface area (Å²) in [7, 11) is -3.77. The molecule has 0 saturated carbocycles. The van der Waals surface area contributed by atoms with E-state index in [4.69, 9.17) is 4.52 Å². The molecule has 3 rings (SSSR count). The number of nitrogens with one attached hydrogen (secondary N) is 1. The van der Waals surface area contributed by atoms with Crippen LogP contribution in [0.5, 0.6) is 0 Å². The van der Waals surface area contributed by atoms with E-state index in [2.05, 4.69) is 14.9 Å². The quantitative estimate of drug-likeness (QED) is 0.777. The van der Waals surface area contributed by atoms with E-state index in [-0.39, 0.29) is 4.21 Å². The molecule has 0 bridgehead atoms. The van der Waals surface area contributed by atoms with Crippen LogP contribution < -0.4 is 4.72 Å². The summed E-state index contributed by atoms with van der Waals surface area (Å²) in [6.45, 7) is 3.28. The van der Waals surface area contributed by atoms with Crippen molar-refractivity contribution < 1.29 is 17.3 Å². The summed E-state index contributed by atoms with van der Waals surface area (Å²) in [4.78, 5) is 4.06. The number of hydrogen-bond donors (Lipinski definition) is 1. The maximum atomic E-state index is 13.1. The lowest BCUT2D eigenvalue weighted by atomic mass is 10.2. The van der Waals surface area contributed by atoms with E-state index in [1.807, 2.05) is 0 Å². The van der Waals surface area contributed by atoms with Gasteiger partial charge in [0, 0.05) is 17.9 Å². The van der Waals surface area contributed by atoms with Crippen LogP contribution in [0, 0.1) is 19.7 Å². The first-order valence-corrected chi connectivity index (χ1v) is 8.89. The number of aromatic nitrogens is 2. The summed E-state index contributed by atoms with van der Waals surface area (Å²) < 4.78 is 45.4. The van der Waals surface area contributed by atoms with Gasteiger partial charge in [0.05, 0.1) is 5.69 Å². The van der Waals surface area contributed by atoms with Crippen molar-refractivity contribution in [3.05, 3.63) is 46.9 Å². The zero-order valence-corrected chi connectivity index (χ0v) is 13.8. The van der Waals surface area contributed by atoms with Crippen molar-refractivity contribution in [1.29, 1.82) is 0 Å². The molecule has 0 saturated heterocycles. The SMILES string of the molecule is Cc1nc(-c2csc(S(=O)(=O)Nc3ccc(F)cc3C)c2)no1. The number of nitrogens with zero attached hydrogens (tertiary/aromatic N) is 2. The van der Waals surface area contributed by atoms with Gasteiger partial charge in [-0.05, 0) is 36.8 Å². The summed E-state index contributed by atoms with van der Waals surface area (Å²) in [5, 5.41) is 5.39. The lowest BCUT2D eigenvalue weighted by Crippen LogP contribution is -2.12. The molecule has 0 spiro atoms. The van der Waals surface area contributed by atoms with Gasteiger partial charge in [-0.15, -0.1) is 11.3 Å². The number of halogens is 1. The Bertz CT molecular complexity index is 963. The van der Waals surface area contributed by atoms with Crippen molar-refractivity contribution in [3.8, 4) is 11.4 Å². The average molecular weight is 353 g/mol. The fourth-order valence-corrected chi connectivity index (χ4v) is 4.22. The number of benzene rings is 1. The monoisotopic (exact) mass is 353 g/mol. The summed E-state index contributed by atoms with van der Waals surface area (Å²) in [6.07, 6.45) is 0. The van der Waals surface area contributed by atoms with Crippen LogP contribution in [0.3, 0.4) is 0 Å². The second kappa shape index (κ2) is 5.74. The van der Waals surface area contributed by atoms with Crippen molar-refractivity contribution in [1.82, 2.24) is 10.1 Å². The van der Waals surface area contributed by atoms with Gasteiger partial charge in [0.1, 0.15) is 10.0 Å². The molecule has 0 radical (unpaired) electrons. The number of aryl methyl sites for hydroxylation is 2. The second-order valence-corrected chi connectivity index (χ2v) is 7.68. The second-order valence-electron chi connectivity index (χ2n) is 4.86. The van der Waals surface area contributed by atoms with Crippen LogP contribution in [0.4, 0.5) is 10.1 Å². The summed E-state index contributed by atoms with van der Waals surface area (Å²) in [5.41, 5.74) is 1.39. The van der Waals surface area contributed by atoms with Gasteiger partial charge in [0.2, 0.25) is 11.7 Å². The number of anilines is 1. The third-order valence-electron chi connectivity index (χ3n) is 3.06. The zero-order chi connectivity index (χ0) is 16.6. The molecule has 1 N–H and O–H groups in total. The van der Waals surface area contributed by atoms with E-state index in [0.29, 0.717) is 28.5 Å². The van der Waals surface area contributed by atoms with Crippen LogP contribution >= 0.6 is 11.3 Å². The Morgan fingerprint density at radius 1 is 1.26 bits per heavy atom. The van der Waals surface area contributed by atoms with E-state index < -0.39 is 15.8 Å². The molecule has 2 aromatic heterocycles. The molecule has 1 aromatic carbocycles. The fraction of sp³-hybridized carbons (Fsp3) is 0.143. The van der Waals surface area contributed by atoms with Crippen molar-refractivity contribution in [2.45, 2.75) is 18.1 Å². The highest BCUT2D eigenvalue weighted by atomic mass is 32.2. The topological polar surface area (TPSA) is 85.1 Å². The first-order chi connectivity index (χ1) is 10.8. The fourth-order valence-electron chi connectivity index (χ4n) is 1.93. The van der Waals surface area contributed by atoms with Crippen molar-refractivity contribution in [2.24, 2.45) is 0 Å². The Morgan fingerprint density at radius 3 is 2.70 bits per heavy atom. The standard InChI is InChI=1S/C14H12FN3O3S2/c1-8-5-11(15)3-4-12(8)18-23(19,20)13-6-10(7-22-13)14-16-9(2)21-17-14/h3-7,18H,1-2H3. The predicted octanol–water partition coefficient (Wildman–Crippen LogP) is 3.35. The van der Waals surface area contributed by atoms with Crippen molar-refractivity contribution >= 4 is 27.0 Å². The maximum Gasteiger partial charge on any atom is 0.271 e. The van der Waals surface area contributed by atoms with Crippen LogP contribution in [-0.4, -0.2) is 18.6 Å². The van der Waals surface area contributed by atoms with Gasteiger partial charge in [-0.1, -0.05) is 5.16 Å². The molecule has 0 aliphatic rings. The molecular formula is C14H12FN3O3S2. The van der Waals surface area contributed by atoms with Crippen LogP contribution in [0.25, 0.3) is 11.4 Å². The predicted molar refractivity (Wildman–Crippen MR) is 84.3 cm³/mol. The van der Waals surface area contributed by atoms with Gasteiger partial charge in [0.15, 0.2) is 0 Å². The van der Waals surface area contributed by atoms with Crippen LogP contribution in [0.1, 0.15) is 11.5 Å². The molecule has 0 aliphatic heterocycles. The van der Waals surface area contributed by atoms with Gasteiger partial charge in [-0.25, -0.2) is 12.8 Å². The third kappa shape index (κ3) is 3.25. The van der Waals surface area contributed by atoms with Gasteiger partial charge in [-0.2, -0.15) is 4.98 Å². The largest absolute Gasteiger partial charge is 0.339 e. The first-order valence-electron chi connectivity index (χ1n) is 6.53. The Hall–Kier alpha value is -2.26. The number of hydrogen-bond acceptors (Lipinski definition) is 6. The minimum Gasteiger partial charge on any atom is -0.339 e. The molecule has 6 nitrogen and oxygen atoms in total. The molecular weight excluding hydrogens is 341 g/mol. The van der Waals surface area contributed by atoms with Gasteiger partial charge >= 0.3 is 0 Å². The smallest absolute Gasteiger partial charge is 0.271 e. The van der Waals surface area contributed by atoms with Gasteiger partial charge in [-0.3, -0.25) is 4.72 Å². The van der Waals surface area contributed by atoms with E-state index >= 15 is 0 Å². The van der Waals surface area contributed by atoms with Gasteiger partial charge in [0.25, 0.3) is 10.0 Å². The van der Waals surface area contributed by atoms with E-state index in [1.54, 1.807) is 19.2 Å². The van der Waals surface area contributed by atoms with Crippen LogP contribution in [-0.2, 0) is 10.0 Å². The molecule has 9 heteroatoms. The van der Waals surface area contributed by atoms with Crippen molar-refractivity contribution in [2.75, 3.05) is 4.72 Å². The minimum absolute atomic E-state index is 0.110. The van der Waals surface area contributed by atoms with Gasteiger partial charge < -0.3 is 4.52 Å². The van der Waals surface area contributed by atoms with Crippen LogP contribution in [0.15, 0.2) is 38.4 Å². The minimum atomic E-state index is -3.77. The van der Waals surface area contributed by atoms with E-state index in [9.17, 15) is 12.8 Å². The molecule has 0 fully saturated rings. The highest BCUT2D eigenvalue weighted by Gasteiger charge is 2.20.